The Morgan fingerprint density at radius 1 is 0.929 bits per heavy atom. The summed E-state index contributed by atoms with van der Waals surface area (Å²) in [6.07, 6.45) is 7.85. The van der Waals surface area contributed by atoms with E-state index < -0.39 is 5.60 Å². The van der Waals surface area contributed by atoms with E-state index in [2.05, 4.69) is 37.1 Å². The first kappa shape index (κ1) is 20.1. The van der Waals surface area contributed by atoms with E-state index in [9.17, 15) is 5.11 Å². The van der Waals surface area contributed by atoms with Crippen LogP contribution in [0.3, 0.4) is 0 Å². The Bertz CT molecular complexity index is 909. The molecule has 0 aliphatic heterocycles. The molecule has 0 heterocycles. The Morgan fingerprint density at radius 2 is 1.54 bits per heavy atom. The number of rotatable bonds is 4. The van der Waals surface area contributed by atoms with Crippen LogP contribution in [0.4, 0.5) is 0 Å². The van der Waals surface area contributed by atoms with Crippen LogP contribution in [0.2, 0.25) is 0 Å². The fourth-order valence-electron chi connectivity index (χ4n) is 4.35. The maximum Gasteiger partial charge on any atom is 0.167 e. The van der Waals surface area contributed by atoms with E-state index in [1.54, 1.807) is 0 Å². The lowest BCUT2D eigenvalue weighted by atomic mass is 9.65. The Kier molecular flexibility index (Phi) is 5.61. The molecule has 1 aliphatic rings. The quantitative estimate of drug-likeness (QED) is 0.666. The number of hydrogen-bond acceptors (Lipinski definition) is 3. The highest BCUT2D eigenvalue weighted by atomic mass is 16.5. The summed E-state index contributed by atoms with van der Waals surface area (Å²) in [7, 11) is 0. The number of aliphatic hydroxyl groups excluding tert-OH is 1. The van der Waals surface area contributed by atoms with Gasteiger partial charge in [-0.1, -0.05) is 43.5 Å². The molecule has 1 saturated carbocycles. The van der Waals surface area contributed by atoms with Gasteiger partial charge in [0, 0.05) is 5.41 Å². The molecule has 3 heteroatoms. The monoisotopic (exact) mass is 378 g/mol. The van der Waals surface area contributed by atoms with Gasteiger partial charge in [-0.2, -0.15) is 0 Å². The molecule has 0 atom stereocenters. The van der Waals surface area contributed by atoms with Gasteiger partial charge < -0.3 is 14.9 Å². The van der Waals surface area contributed by atoms with Crippen LogP contribution in [0.25, 0.3) is 0 Å². The maximum atomic E-state index is 9.98. The van der Waals surface area contributed by atoms with Crippen molar-refractivity contribution in [3.63, 3.8) is 0 Å². The van der Waals surface area contributed by atoms with Crippen LogP contribution in [0, 0.1) is 25.9 Å². The van der Waals surface area contributed by atoms with Gasteiger partial charge in [-0.15, -0.1) is 0 Å². The lowest BCUT2D eigenvalue weighted by Gasteiger charge is -2.39. The number of aromatic hydroxyl groups is 1. The number of aryl methyl sites for hydroxylation is 2. The zero-order valence-electron chi connectivity index (χ0n) is 17.3. The van der Waals surface area contributed by atoms with Crippen LogP contribution in [0.1, 0.15) is 68.2 Å². The summed E-state index contributed by atoms with van der Waals surface area (Å²) in [6, 6.07) is 12.5. The Balaban J connectivity index is 2.03. The molecule has 0 aromatic heterocycles. The van der Waals surface area contributed by atoms with Crippen molar-refractivity contribution in [2.45, 2.75) is 70.8 Å². The van der Waals surface area contributed by atoms with Crippen molar-refractivity contribution < 1.29 is 14.9 Å². The molecule has 0 amide bonds. The van der Waals surface area contributed by atoms with Crippen LogP contribution in [-0.2, 0) is 5.41 Å². The predicted molar refractivity (Wildman–Crippen MR) is 112 cm³/mol. The molecular weight excluding hydrogens is 348 g/mol. The third-order valence-electron chi connectivity index (χ3n) is 5.91. The number of phenols is 1. The highest BCUT2D eigenvalue weighted by Crippen LogP contribution is 2.46. The van der Waals surface area contributed by atoms with Crippen molar-refractivity contribution in [1.82, 2.24) is 0 Å². The molecule has 2 aromatic rings. The minimum absolute atomic E-state index is 0.0274. The van der Waals surface area contributed by atoms with Crippen LogP contribution in [0.15, 0.2) is 36.4 Å². The van der Waals surface area contributed by atoms with E-state index in [1.165, 1.54) is 30.4 Å². The van der Waals surface area contributed by atoms with Crippen molar-refractivity contribution in [3.05, 3.63) is 58.7 Å². The van der Waals surface area contributed by atoms with Crippen LogP contribution in [0.5, 0.6) is 11.5 Å². The summed E-state index contributed by atoms with van der Waals surface area (Å²) in [4.78, 5) is 0. The van der Waals surface area contributed by atoms with Crippen LogP contribution < -0.4 is 4.74 Å². The maximum absolute atomic E-state index is 9.98. The Morgan fingerprint density at radius 3 is 2.11 bits per heavy atom. The molecule has 1 fully saturated rings. The second-order valence-electron chi connectivity index (χ2n) is 8.47. The van der Waals surface area contributed by atoms with Gasteiger partial charge in [-0.25, -0.2) is 0 Å². The van der Waals surface area contributed by atoms with E-state index in [0.29, 0.717) is 5.75 Å². The largest absolute Gasteiger partial charge is 0.508 e. The molecule has 2 N–H and O–H groups in total. The number of ether oxygens (including phenoxy) is 1. The first-order chi connectivity index (χ1) is 13.3. The molecule has 0 spiro atoms. The first-order valence-corrected chi connectivity index (χ1v) is 10.0. The average molecular weight is 379 g/mol. The molecule has 0 unspecified atom stereocenters. The molecule has 148 valence electrons. The van der Waals surface area contributed by atoms with Gasteiger partial charge in [0.15, 0.2) is 5.60 Å². The third kappa shape index (κ3) is 3.97. The Labute approximate surface area is 168 Å². The topological polar surface area (TPSA) is 49.7 Å². The molecule has 3 nitrogen and oxygen atoms in total. The average Bonchev–Trinajstić information content (AvgIpc) is 2.66. The van der Waals surface area contributed by atoms with Gasteiger partial charge in [0.2, 0.25) is 0 Å². The SMILES string of the molecule is Cc1cc(C2(c3ccc(OC(C)(C)C#CO)c(C)c3)CCCCC2)ccc1O. The van der Waals surface area contributed by atoms with Gasteiger partial charge in [0.05, 0.1) is 0 Å². The smallest absolute Gasteiger partial charge is 0.167 e. The second kappa shape index (κ2) is 7.80. The second-order valence-corrected chi connectivity index (χ2v) is 8.47. The standard InChI is InChI=1S/C25H30O3/c1-18-16-20(8-10-22(18)27)25(12-6-5-7-13-25)21-9-11-23(19(2)17-21)28-24(3,4)14-15-26/h8-11,16-17,26-27H,5-7,12-13H2,1-4H3. The zero-order valence-corrected chi connectivity index (χ0v) is 17.3. The number of phenolic OH excluding ortho intramolecular Hbond substituents is 1. The van der Waals surface area contributed by atoms with Crippen molar-refractivity contribution in [1.29, 1.82) is 0 Å². The van der Waals surface area contributed by atoms with Crippen LogP contribution in [-0.4, -0.2) is 15.8 Å². The predicted octanol–water partition coefficient (Wildman–Crippen LogP) is 5.75. The normalized spacial score (nSPS) is 16.1. The van der Waals surface area contributed by atoms with Gasteiger partial charge in [-0.05, 0) is 80.8 Å². The molecule has 3 rings (SSSR count). The lowest BCUT2D eigenvalue weighted by Crippen LogP contribution is -2.31. The molecule has 0 bridgehead atoms. The summed E-state index contributed by atoms with van der Waals surface area (Å²) in [5, 5.41) is 18.9. The Hall–Kier alpha value is -2.60. The summed E-state index contributed by atoms with van der Waals surface area (Å²) in [5.41, 5.74) is 3.78. The van der Waals surface area contributed by atoms with Gasteiger partial charge in [-0.3, -0.25) is 0 Å². The van der Waals surface area contributed by atoms with E-state index in [1.807, 2.05) is 39.0 Å². The molecule has 0 radical (unpaired) electrons. The van der Waals surface area contributed by atoms with Gasteiger partial charge in [0.1, 0.15) is 17.6 Å². The first-order valence-electron chi connectivity index (χ1n) is 10.0. The summed E-state index contributed by atoms with van der Waals surface area (Å²) in [6.45, 7) is 7.69. The van der Waals surface area contributed by atoms with E-state index in [-0.39, 0.29) is 5.41 Å². The summed E-state index contributed by atoms with van der Waals surface area (Å²) >= 11 is 0. The highest BCUT2D eigenvalue weighted by Gasteiger charge is 2.36. The van der Waals surface area contributed by atoms with Crippen molar-refractivity contribution >= 4 is 0 Å². The summed E-state index contributed by atoms with van der Waals surface area (Å²) < 4.78 is 6.02. The fraction of sp³-hybridized carbons (Fsp3) is 0.440. The molecule has 28 heavy (non-hydrogen) atoms. The third-order valence-corrected chi connectivity index (χ3v) is 5.91. The molecule has 2 aromatic carbocycles. The van der Waals surface area contributed by atoms with Crippen LogP contribution >= 0.6 is 0 Å². The number of benzene rings is 2. The molecular formula is C25H30O3. The van der Waals surface area contributed by atoms with E-state index >= 15 is 0 Å². The van der Waals surface area contributed by atoms with Crippen molar-refractivity contribution in [3.8, 4) is 23.5 Å². The van der Waals surface area contributed by atoms with Gasteiger partial charge >= 0.3 is 0 Å². The molecule has 0 saturated heterocycles. The van der Waals surface area contributed by atoms with E-state index in [0.717, 1.165) is 29.7 Å². The minimum atomic E-state index is -0.752. The summed E-state index contributed by atoms with van der Waals surface area (Å²) in [5.74, 6) is 3.81. The lowest BCUT2D eigenvalue weighted by molar-refractivity contribution is 0.170. The van der Waals surface area contributed by atoms with Crippen molar-refractivity contribution in [2.75, 3.05) is 0 Å². The number of aliphatic hydroxyl groups is 1. The zero-order chi connectivity index (χ0) is 20.4. The minimum Gasteiger partial charge on any atom is -0.508 e. The number of hydrogen-bond donors (Lipinski definition) is 2. The van der Waals surface area contributed by atoms with Crippen molar-refractivity contribution in [2.24, 2.45) is 0 Å². The van der Waals surface area contributed by atoms with Gasteiger partial charge in [0.25, 0.3) is 0 Å². The van der Waals surface area contributed by atoms with E-state index in [4.69, 9.17) is 9.84 Å². The fourth-order valence-corrected chi connectivity index (χ4v) is 4.35. The molecule has 1 aliphatic carbocycles. The highest BCUT2D eigenvalue weighted by molar-refractivity contribution is 5.48.